The molecule has 20 heavy (non-hydrogen) atoms. The lowest BCUT2D eigenvalue weighted by Gasteiger charge is -2.23. The quantitative estimate of drug-likeness (QED) is 0.893. The van der Waals surface area contributed by atoms with Gasteiger partial charge >= 0.3 is 0 Å². The molecular formula is C14H17N3O2S. The Morgan fingerprint density at radius 3 is 2.95 bits per heavy atom. The maximum Gasteiger partial charge on any atom is 0.241 e. The van der Waals surface area contributed by atoms with E-state index in [1.165, 1.54) is 0 Å². The molecule has 1 fully saturated rings. The number of benzene rings is 1. The Kier molecular flexibility index (Phi) is 3.69. The zero-order valence-electron chi connectivity index (χ0n) is 11.0. The lowest BCUT2D eigenvalue weighted by molar-refractivity contribution is 0.429. The molecule has 2 heterocycles. The Labute approximate surface area is 118 Å². The summed E-state index contributed by atoms with van der Waals surface area (Å²) in [6.45, 7) is 1.64. The molecule has 0 saturated carbocycles. The molecule has 0 spiro atoms. The highest BCUT2D eigenvalue weighted by Crippen LogP contribution is 2.21. The first-order chi connectivity index (χ1) is 9.67. The van der Waals surface area contributed by atoms with Gasteiger partial charge in [0.15, 0.2) is 0 Å². The highest BCUT2D eigenvalue weighted by Gasteiger charge is 2.23. The van der Waals surface area contributed by atoms with Crippen molar-refractivity contribution in [3.63, 3.8) is 0 Å². The van der Waals surface area contributed by atoms with Crippen molar-refractivity contribution < 1.29 is 8.42 Å². The number of fused-ring (bicyclic) bond motifs is 1. The van der Waals surface area contributed by atoms with Gasteiger partial charge in [-0.2, -0.15) is 0 Å². The second-order valence-corrected chi connectivity index (χ2v) is 6.67. The van der Waals surface area contributed by atoms with Crippen LogP contribution in [0.4, 0.5) is 0 Å². The number of aromatic nitrogens is 1. The highest BCUT2D eigenvalue weighted by atomic mass is 32.2. The molecule has 0 unspecified atom stereocenters. The summed E-state index contributed by atoms with van der Waals surface area (Å²) in [5, 5.41) is 3.87. The molecule has 2 N–H and O–H groups in total. The number of nitrogens with one attached hydrogen (secondary N) is 2. The van der Waals surface area contributed by atoms with Crippen molar-refractivity contribution in [3.8, 4) is 0 Å². The molecule has 0 bridgehead atoms. The predicted molar refractivity (Wildman–Crippen MR) is 78.0 cm³/mol. The van der Waals surface area contributed by atoms with Crippen molar-refractivity contribution in [2.24, 2.45) is 0 Å². The summed E-state index contributed by atoms with van der Waals surface area (Å²) >= 11 is 0. The number of nitrogens with zero attached hydrogens (tertiary/aromatic N) is 1. The Balaban J connectivity index is 1.96. The van der Waals surface area contributed by atoms with Gasteiger partial charge in [0, 0.05) is 24.2 Å². The number of pyridine rings is 1. The fourth-order valence-electron chi connectivity index (χ4n) is 2.54. The number of hydrogen-bond donors (Lipinski definition) is 2. The van der Waals surface area contributed by atoms with Gasteiger partial charge in [-0.15, -0.1) is 0 Å². The van der Waals surface area contributed by atoms with Crippen LogP contribution in [0, 0.1) is 0 Å². The van der Waals surface area contributed by atoms with E-state index in [2.05, 4.69) is 15.0 Å². The number of hydrogen-bond acceptors (Lipinski definition) is 4. The van der Waals surface area contributed by atoms with Crippen molar-refractivity contribution in [3.05, 3.63) is 36.5 Å². The van der Waals surface area contributed by atoms with Crippen LogP contribution in [0.2, 0.25) is 0 Å². The highest BCUT2D eigenvalue weighted by molar-refractivity contribution is 7.89. The zero-order chi connectivity index (χ0) is 14.0. The van der Waals surface area contributed by atoms with E-state index < -0.39 is 10.0 Å². The third-order valence-corrected chi connectivity index (χ3v) is 5.09. The Morgan fingerprint density at radius 2 is 2.15 bits per heavy atom. The van der Waals surface area contributed by atoms with E-state index in [-0.39, 0.29) is 6.04 Å². The van der Waals surface area contributed by atoms with Crippen LogP contribution < -0.4 is 10.0 Å². The van der Waals surface area contributed by atoms with Crippen LogP contribution >= 0.6 is 0 Å². The third kappa shape index (κ3) is 2.67. The second-order valence-electron chi connectivity index (χ2n) is 4.99. The number of rotatable bonds is 3. The molecule has 1 atom stereocenters. The van der Waals surface area contributed by atoms with E-state index in [9.17, 15) is 8.42 Å². The average molecular weight is 291 g/mol. The van der Waals surface area contributed by atoms with Crippen LogP contribution in [0.1, 0.15) is 12.8 Å². The van der Waals surface area contributed by atoms with Crippen molar-refractivity contribution >= 4 is 20.9 Å². The van der Waals surface area contributed by atoms with Crippen LogP contribution in [-0.4, -0.2) is 32.5 Å². The van der Waals surface area contributed by atoms with Gasteiger partial charge < -0.3 is 5.32 Å². The van der Waals surface area contributed by atoms with Crippen LogP contribution in [0.15, 0.2) is 41.4 Å². The van der Waals surface area contributed by atoms with Crippen LogP contribution in [0.25, 0.3) is 10.9 Å². The summed E-state index contributed by atoms with van der Waals surface area (Å²) in [7, 11) is -3.52. The lowest BCUT2D eigenvalue weighted by Crippen LogP contribution is -2.45. The molecule has 1 saturated heterocycles. The molecule has 6 heteroatoms. The Hall–Kier alpha value is -1.50. The summed E-state index contributed by atoms with van der Waals surface area (Å²) in [4.78, 5) is 4.50. The van der Waals surface area contributed by atoms with Gasteiger partial charge in [0.05, 0.1) is 10.4 Å². The van der Waals surface area contributed by atoms with Gasteiger partial charge in [0.2, 0.25) is 10.0 Å². The first-order valence-electron chi connectivity index (χ1n) is 6.74. The topological polar surface area (TPSA) is 71.1 Å². The molecule has 0 aliphatic carbocycles. The predicted octanol–water partition coefficient (Wildman–Crippen LogP) is 1.27. The molecular weight excluding hydrogens is 274 g/mol. The first-order valence-corrected chi connectivity index (χ1v) is 8.22. The van der Waals surface area contributed by atoms with Gasteiger partial charge in [-0.3, -0.25) is 4.98 Å². The van der Waals surface area contributed by atoms with E-state index in [1.807, 2.05) is 6.07 Å². The fourth-order valence-corrected chi connectivity index (χ4v) is 4.03. The van der Waals surface area contributed by atoms with Crippen molar-refractivity contribution in [2.75, 3.05) is 13.1 Å². The molecule has 3 rings (SSSR count). The normalized spacial score (nSPS) is 20.1. The molecule has 1 aromatic carbocycles. The summed E-state index contributed by atoms with van der Waals surface area (Å²) in [6.07, 6.45) is 3.52. The molecule has 1 aliphatic heterocycles. The monoisotopic (exact) mass is 291 g/mol. The van der Waals surface area contributed by atoms with Crippen molar-refractivity contribution in [1.82, 2.24) is 15.0 Å². The Morgan fingerprint density at radius 1 is 1.25 bits per heavy atom. The standard InChI is InChI=1S/C14H17N3O2S/c18-20(19,17-11-4-2-8-15-10-11)14-7-1-6-13-12(14)5-3-9-16-13/h1,3,5-7,9,11,15,17H,2,4,8,10H2/t11-/m1/s1. The lowest BCUT2D eigenvalue weighted by atomic mass is 10.1. The van der Waals surface area contributed by atoms with E-state index in [0.29, 0.717) is 22.3 Å². The maximum atomic E-state index is 12.5. The van der Waals surface area contributed by atoms with Gasteiger partial charge in [0.1, 0.15) is 0 Å². The molecule has 1 aliphatic rings. The van der Waals surface area contributed by atoms with Gasteiger partial charge in [-0.1, -0.05) is 6.07 Å². The summed E-state index contributed by atoms with van der Waals surface area (Å²) in [6, 6.07) is 8.67. The number of piperidine rings is 1. The minimum Gasteiger partial charge on any atom is -0.315 e. The Bertz CT molecular complexity index is 704. The van der Waals surface area contributed by atoms with Crippen LogP contribution in [-0.2, 0) is 10.0 Å². The van der Waals surface area contributed by atoms with Crippen molar-refractivity contribution in [1.29, 1.82) is 0 Å². The third-order valence-electron chi connectivity index (χ3n) is 3.51. The minimum absolute atomic E-state index is 0.0410. The molecule has 5 nitrogen and oxygen atoms in total. The first kappa shape index (κ1) is 13.5. The molecule has 1 aromatic heterocycles. The summed E-state index contributed by atoms with van der Waals surface area (Å²) in [5.74, 6) is 0. The average Bonchev–Trinajstić information content (AvgIpc) is 2.47. The fraction of sp³-hybridized carbons (Fsp3) is 0.357. The van der Waals surface area contributed by atoms with E-state index in [4.69, 9.17) is 0 Å². The van der Waals surface area contributed by atoms with Crippen LogP contribution in [0.3, 0.4) is 0 Å². The summed E-state index contributed by atoms with van der Waals surface area (Å²) in [5.41, 5.74) is 0.692. The van der Waals surface area contributed by atoms with E-state index in [0.717, 1.165) is 19.4 Å². The zero-order valence-corrected chi connectivity index (χ0v) is 11.9. The minimum atomic E-state index is -3.52. The van der Waals surface area contributed by atoms with Crippen LogP contribution in [0.5, 0.6) is 0 Å². The largest absolute Gasteiger partial charge is 0.315 e. The SMILES string of the molecule is O=S(=O)(N[C@@H]1CCCNC1)c1cccc2ncccc12. The van der Waals surface area contributed by atoms with Crippen molar-refractivity contribution in [2.45, 2.75) is 23.8 Å². The van der Waals surface area contributed by atoms with Gasteiger partial charge in [-0.05, 0) is 43.7 Å². The number of sulfonamides is 1. The molecule has 106 valence electrons. The molecule has 0 amide bonds. The maximum absolute atomic E-state index is 12.5. The summed E-state index contributed by atoms with van der Waals surface area (Å²) < 4.78 is 27.9. The van der Waals surface area contributed by atoms with E-state index >= 15 is 0 Å². The van der Waals surface area contributed by atoms with E-state index in [1.54, 1.807) is 30.5 Å². The smallest absolute Gasteiger partial charge is 0.241 e. The van der Waals surface area contributed by atoms with Gasteiger partial charge in [0.25, 0.3) is 0 Å². The van der Waals surface area contributed by atoms with Gasteiger partial charge in [-0.25, -0.2) is 13.1 Å². The molecule has 0 radical (unpaired) electrons. The molecule has 2 aromatic rings. The second kappa shape index (κ2) is 5.47.